The smallest absolute Gasteiger partial charge is 0.0810 e. The molecule has 0 aliphatic carbocycles. The summed E-state index contributed by atoms with van der Waals surface area (Å²) in [6.07, 6.45) is 2.57. The van der Waals surface area contributed by atoms with E-state index in [0.29, 0.717) is 6.04 Å². The molecule has 72 valence electrons. The lowest BCUT2D eigenvalue weighted by Crippen LogP contribution is -2.26. The van der Waals surface area contributed by atoms with E-state index in [1.807, 2.05) is 0 Å². The van der Waals surface area contributed by atoms with Crippen LogP contribution in [0.2, 0.25) is 0 Å². The number of thiophene rings is 1. The van der Waals surface area contributed by atoms with Gasteiger partial charge >= 0.3 is 0 Å². The molecule has 0 spiro atoms. The first kappa shape index (κ1) is 9.19. The van der Waals surface area contributed by atoms with Crippen molar-refractivity contribution in [1.82, 2.24) is 5.32 Å². The summed E-state index contributed by atoms with van der Waals surface area (Å²) < 4.78 is 5.61. The van der Waals surface area contributed by atoms with Crippen LogP contribution in [0.1, 0.15) is 17.7 Å². The molecule has 0 amide bonds. The molecule has 1 aromatic heterocycles. The molecule has 1 atom stereocenters. The minimum absolute atomic E-state index is 0.597. The number of hydrogen-bond acceptors (Lipinski definition) is 3. The van der Waals surface area contributed by atoms with Crippen LogP contribution in [-0.4, -0.2) is 19.2 Å². The molecule has 1 saturated heterocycles. The average Bonchev–Trinajstić information content (AvgIpc) is 2.75. The molecular weight excluding hydrogens is 182 g/mol. The molecule has 2 heterocycles. The van der Waals surface area contributed by atoms with E-state index in [4.69, 9.17) is 4.74 Å². The van der Waals surface area contributed by atoms with Crippen molar-refractivity contribution in [3.63, 3.8) is 0 Å². The van der Waals surface area contributed by atoms with Crippen molar-refractivity contribution in [2.24, 2.45) is 0 Å². The van der Waals surface area contributed by atoms with Gasteiger partial charge in [-0.1, -0.05) is 6.07 Å². The highest BCUT2D eigenvalue weighted by Gasteiger charge is 2.13. The first-order valence-electron chi connectivity index (χ1n) is 4.78. The van der Waals surface area contributed by atoms with Crippen molar-refractivity contribution in [3.05, 3.63) is 22.4 Å². The Morgan fingerprint density at radius 3 is 3.31 bits per heavy atom. The summed E-state index contributed by atoms with van der Waals surface area (Å²) in [6, 6.07) is 4.78. The van der Waals surface area contributed by atoms with Crippen LogP contribution in [-0.2, 0) is 11.3 Å². The minimum atomic E-state index is 0.597. The van der Waals surface area contributed by atoms with Gasteiger partial charge < -0.3 is 10.1 Å². The summed E-state index contributed by atoms with van der Waals surface area (Å²) >= 11 is 1.76. The molecule has 1 aliphatic heterocycles. The number of ether oxygens (including phenoxy) is 1. The van der Waals surface area contributed by atoms with Crippen molar-refractivity contribution in [2.75, 3.05) is 13.2 Å². The van der Waals surface area contributed by atoms with E-state index in [-0.39, 0.29) is 0 Å². The predicted octanol–water partition coefficient (Wildman–Crippen LogP) is 2.02. The van der Waals surface area contributed by atoms with Crippen LogP contribution in [0.15, 0.2) is 17.5 Å². The van der Waals surface area contributed by atoms with Crippen molar-refractivity contribution in [3.8, 4) is 0 Å². The predicted molar refractivity (Wildman–Crippen MR) is 55.0 cm³/mol. The number of hydrogen-bond donors (Lipinski definition) is 1. The molecule has 0 aromatic carbocycles. The van der Waals surface area contributed by atoms with Gasteiger partial charge in [-0.05, 0) is 30.8 Å². The van der Waals surface area contributed by atoms with E-state index in [9.17, 15) is 0 Å². The number of rotatable bonds is 4. The largest absolute Gasteiger partial charge is 0.374 e. The van der Waals surface area contributed by atoms with Crippen molar-refractivity contribution < 1.29 is 4.74 Å². The van der Waals surface area contributed by atoms with Crippen LogP contribution in [0.25, 0.3) is 0 Å². The Morgan fingerprint density at radius 1 is 1.62 bits per heavy atom. The van der Waals surface area contributed by atoms with Gasteiger partial charge in [0.1, 0.15) is 0 Å². The van der Waals surface area contributed by atoms with Crippen LogP contribution >= 0.6 is 11.3 Å². The van der Waals surface area contributed by atoms with Gasteiger partial charge in [0.2, 0.25) is 0 Å². The van der Waals surface area contributed by atoms with E-state index in [1.165, 1.54) is 17.7 Å². The van der Waals surface area contributed by atoms with E-state index >= 15 is 0 Å². The molecule has 1 aromatic rings. The maximum atomic E-state index is 5.61. The monoisotopic (exact) mass is 197 g/mol. The van der Waals surface area contributed by atoms with Crippen LogP contribution < -0.4 is 5.32 Å². The van der Waals surface area contributed by atoms with E-state index in [1.54, 1.807) is 11.3 Å². The SMILES string of the molecule is c1csc(COC[C@H]2CCCN2)c1. The lowest BCUT2D eigenvalue weighted by molar-refractivity contribution is 0.105. The molecule has 1 fully saturated rings. The van der Waals surface area contributed by atoms with Crippen LogP contribution in [0, 0.1) is 0 Å². The zero-order valence-corrected chi connectivity index (χ0v) is 8.48. The summed E-state index contributed by atoms with van der Waals surface area (Å²) in [7, 11) is 0. The second kappa shape index (κ2) is 4.74. The Morgan fingerprint density at radius 2 is 2.62 bits per heavy atom. The average molecular weight is 197 g/mol. The van der Waals surface area contributed by atoms with Gasteiger partial charge in [0.15, 0.2) is 0 Å². The van der Waals surface area contributed by atoms with Gasteiger partial charge in [-0.2, -0.15) is 0 Å². The minimum Gasteiger partial charge on any atom is -0.374 e. The van der Waals surface area contributed by atoms with Gasteiger partial charge in [-0.15, -0.1) is 11.3 Å². The second-order valence-electron chi connectivity index (χ2n) is 3.39. The highest BCUT2D eigenvalue weighted by molar-refractivity contribution is 7.09. The van der Waals surface area contributed by atoms with Gasteiger partial charge in [-0.25, -0.2) is 0 Å². The molecule has 2 rings (SSSR count). The van der Waals surface area contributed by atoms with Gasteiger partial charge in [0.05, 0.1) is 13.2 Å². The Labute approximate surface area is 82.9 Å². The highest BCUT2D eigenvalue weighted by atomic mass is 32.1. The molecule has 1 aliphatic rings. The third-order valence-electron chi connectivity index (χ3n) is 2.31. The van der Waals surface area contributed by atoms with Crippen LogP contribution in [0.4, 0.5) is 0 Å². The summed E-state index contributed by atoms with van der Waals surface area (Å²) in [5.41, 5.74) is 0. The maximum absolute atomic E-state index is 5.61. The van der Waals surface area contributed by atoms with E-state index in [2.05, 4.69) is 22.8 Å². The molecule has 13 heavy (non-hydrogen) atoms. The molecule has 3 heteroatoms. The van der Waals surface area contributed by atoms with Crippen molar-refractivity contribution in [2.45, 2.75) is 25.5 Å². The number of nitrogens with one attached hydrogen (secondary N) is 1. The van der Waals surface area contributed by atoms with E-state index < -0.39 is 0 Å². The molecule has 0 bridgehead atoms. The van der Waals surface area contributed by atoms with Crippen molar-refractivity contribution >= 4 is 11.3 Å². The first-order valence-corrected chi connectivity index (χ1v) is 5.66. The first-order chi connectivity index (χ1) is 6.45. The van der Waals surface area contributed by atoms with Crippen molar-refractivity contribution in [1.29, 1.82) is 0 Å². The second-order valence-corrected chi connectivity index (χ2v) is 4.42. The molecule has 1 N–H and O–H groups in total. The fourth-order valence-corrected chi connectivity index (χ4v) is 2.24. The standard InChI is InChI=1S/C10H15NOS/c1-3-9(11-5-1)7-12-8-10-4-2-6-13-10/h2,4,6,9,11H,1,3,5,7-8H2/t9-/m1/s1. The zero-order valence-electron chi connectivity index (χ0n) is 7.66. The summed E-state index contributed by atoms with van der Waals surface area (Å²) in [4.78, 5) is 1.32. The zero-order chi connectivity index (χ0) is 8.93. The fourth-order valence-electron chi connectivity index (χ4n) is 1.60. The van der Waals surface area contributed by atoms with E-state index in [0.717, 1.165) is 19.8 Å². The lowest BCUT2D eigenvalue weighted by atomic mass is 10.2. The summed E-state index contributed by atoms with van der Waals surface area (Å²) in [5, 5.41) is 5.50. The van der Waals surface area contributed by atoms with Gasteiger partial charge in [-0.3, -0.25) is 0 Å². The third-order valence-corrected chi connectivity index (χ3v) is 3.16. The molecule has 2 nitrogen and oxygen atoms in total. The summed E-state index contributed by atoms with van der Waals surface area (Å²) in [6.45, 7) is 2.79. The lowest BCUT2D eigenvalue weighted by Gasteiger charge is -2.09. The molecule has 0 saturated carbocycles. The molecule has 0 unspecified atom stereocenters. The van der Waals surface area contributed by atoms with Gasteiger partial charge in [0, 0.05) is 10.9 Å². The van der Waals surface area contributed by atoms with Gasteiger partial charge in [0.25, 0.3) is 0 Å². The van der Waals surface area contributed by atoms with Crippen LogP contribution in [0.3, 0.4) is 0 Å². The van der Waals surface area contributed by atoms with Crippen LogP contribution in [0.5, 0.6) is 0 Å². The topological polar surface area (TPSA) is 21.3 Å². The third kappa shape index (κ3) is 2.79. The molecule has 0 radical (unpaired) electrons. The highest BCUT2D eigenvalue weighted by Crippen LogP contribution is 2.11. The summed E-state index contributed by atoms with van der Waals surface area (Å²) in [5.74, 6) is 0. The quantitative estimate of drug-likeness (QED) is 0.797. The fraction of sp³-hybridized carbons (Fsp3) is 0.600. The maximum Gasteiger partial charge on any atom is 0.0810 e. The Hall–Kier alpha value is -0.380. The Balaban J connectivity index is 1.63. The Kier molecular flexibility index (Phi) is 3.35. The Bertz CT molecular complexity index is 229. The molecular formula is C10H15NOS. The normalized spacial score (nSPS) is 22.3.